The molecule has 0 N–H and O–H groups in total. The second-order valence-corrected chi connectivity index (χ2v) is 7.96. The highest BCUT2D eigenvalue weighted by molar-refractivity contribution is 9.11. The van der Waals surface area contributed by atoms with Crippen LogP contribution in [0.1, 0.15) is 11.5 Å². The number of benzene rings is 3. The van der Waals surface area contributed by atoms with Crippen LogP contribution < -0.4 is 0 Å². The minimum atomic E-state index is 0.482. The quantitative estimate of drug-likeness (QED) is 0.416. The Bertz CT molecular complexity index is 984. The van der Waals surface area contributed by atoms with Crippen LogP contribution in [0.15, 0.2) is 76.1 Å². The molecular formula is C20H13BrS. The van der Waals surface area contributed by atoms with Gasteiger partial charge >= 0.3 is 0 Å². The molecular weight excluding hydrogens is 352 g/mol. The molecule has 22 heavy (non-hydrogen) atoms. The Morgan fingerprint density at radius 3 is 2.23 bits per heavy atom. The summed E-state index contributed by atoms with van der Waals surface area (Å²) in [5, 5.41) is 6.06. The minimum Gasteiger partial charge on any atom is -0.117 e. The van der Waals surface area contributed by atoms with Gasteiger partial charge in [-0.2, -0.15) is 0 Å². The Kier molecular flexibility index (Phi) is 2.80. The number of allylic oxidation sites excluding steroid dienone is 3. The molecule has 1 aliphatic carbocycles. The predicted octanol–water partition coefficient (Wildman–Crippen LogP) is 6.40. The van der Waals surface area contributed by atoms with E-state index < -0.39 is 0 Å². The van der Waals surface area contributed by atoms with Crippen molar-refractivity contribution in [3.8, 4) is 0 Å². The smallest absolute Gasteiger partial charge is 0.0392 e. The fourth-order valence-electron chi connectivity index (χ4n) is 3.72. The van der Waals surface area contributed by atoms with Crippen LogP contribution in [-0.4, -0.2) is 5.25 Å². The number of fused-ring (bicyclic) bond motifs is 8. The SMILES string of the molecule is BrC1=CC2Sc3c(c4ccccc4c4ccccc34)C2C=C1. The molecule has 2 atom stereocenters. The fraction of sp³-hybridized carbons (Fsp3) is 0.100. The van der Waals surface area contributed by atoms with Crippen molar-refractivity contribution in [1.82, 2.24) is 0 Å². The molecule has 3 aromatic carbocycles. The lowest BCUT2D eigenvalue weighted by Crippen LogP contribution is -2.08. The van der Waals surface area contributed by atoms with Gasteiger partial charge in [0.25, 0.3) is 0 Å². The van der Waals surface area contributed by atoms with Crippen molar-refractivity contribution in [2.45, 2.75) is 16.1 Å². The van der Waals surface area contributed by atoms with Gasteiger partial charge < -0.3 is 0 Å². The van der Waals surface area contributed by atoms with Gasteiger partial charge in [0.2, 0.25) is 0 Å². The zero-order chi connectivity index (χ0) is 14.7. The summed E-state index contributed by atoms with van der Waals surface area (Å²) in [6.07, 6.45) is 6.90. The third-order valence-electron chi connectivity index (χ3n) is 4.65. The largest absolute Gasteiger partial charge is 0.117 e. The standard InChI is InChI=1S/C20H13BrS/c21-12-9-10-17-18(11-12)22-20-16-8-4-2-6-14(16)13-5-1-3-7-15(13)19(17)20/h1-11,17-18H. The van der Waals surface area contributed by atoms with E-state index in [1.54, 1.807) is 0 Å². The van der Waals surface area contributed by atoms with E-state index in [1.165, 1.54) is 36.5 Å². The average molecular weight is 365 g/mol. The Balaban J connectivity index is 1.94. The van der Waals surface area contributed by atoms with Crippen LogP contribution in [0, 0.1) is 0 Å². The highest BCUT2D eigenvalue weighted by Crippen LogP contribution is 2.54. The number of rotatable bonds is 0. The van der Waals surface area contributed by atoms with Crippen LogP contribution in [0.2, 0.25) is 0 Å². The number of hydrogen-bond donors (Lipinski definition) is 0. The first-order valence-electron chi connectivity index (χ1n) is 7.48. The number of halogens is 1. The van der Waals surface area contributed by atoms with Gasteiger partial charge in [-0.05, 0) is 27.1 Å². The summed E-state index contributed by atoms with van der Waals surface area (Å²) in [4.78, 5) is 1.47. The Labute approximate surface area is 142 Å². The summed E-state index contributed by atoms with van der Waals surface area (Å²) in [7, 11) is 0. The van der Waals surface area contributed by atoms with Gasteiger partial charge in [0.15, 0.2) is 0 Å². The molecule has 0 saturated heterocycles. The molecule has 3 aromatic rings. The Hall–Kier alpha value is -1.51. The van der Waals surface area contributed by atoms with Gasteiger partial charge in [0.1, 0.15) is 0 Å². The van der Waals surface area contributed by atoms with Crippen LogP contribution in [0.25, 0.3) is 21.5 Å². The highest BCUT2D eigenvalue weighted by atomic mass is 79.9. The molecule has 2 heteroatoms. The van der Waals surface area contributed by atoms with Gasteiger partial charge in [0.05, 0.1) is 0 Å². The summed E-state index contributed by atoms with van der Waals surface area (Å²) >= 11 is 5.64. The maximum Gasteiger partial charge on any atom is 0.0392 e. The third kappa shape index (κ3) is 1.71. The molecule has 106 valence electrons. The lowest BCUT2D eigenvalue weighted by Gasteiger charge is -2.18. The Morgan fingerprint density at radius 2 is 1.45 bits per heavy atom. The molecule has 0 aromatic heterocycles. The first-order chi connectivity index (χ1) is 10.8. The van der Waals surface area contributed by atoms with Crippen molar-refractivity contribution in [3.05, 3.63) is 76.8 Å². The highest BCUT2D eigenvalue weighted by Gasteiger charge is 2.34. The van der Waals surface area contributed by atoms with Crippen molar-refractivity contribution in [1.29, 1.82) is 0 Å². The second-order valence-electron chi connectivity index (χ2n) is 5.85. The van der Waals surface area contributed by atoms with Crippen LogP contribution >= 0.6 is 27.7 Å². The number of thioether (sulfide) groups is 1. The molecule has 2 aliphatic rings. The summed E-state index contributed by atoms with van der Waals surface area (Å²) in [6, 6.07) is 17.7. The van der Waals surface area contributed by atoms with Crippen molar-refractivity contribution in [2.24, 2.45) is 0 Å². The Morgan fingerprint density at radius 1 is 0.818 bits per heavy atom. The van der Waals surface area contributed by atoms with Crippen LogP contribution in [0.4, 0.5) is 0 Å². The van der Waals surface area contributed by atoms with E-state index in [-0.39, 0.29) is 0 Å². The van der Waals surface area contributed by atoms with E-state index >= 15 is 0 Å². The van der Waals surface area contributed by atoms with E-state index in [9.17, 15) is 0 Å². The van der Waals surface area contributed by atoms with Crippen molar-refractivity contribution < 1.29 is 0 Å². The second kappa shape index (κ2) is 4.74. The van der Waals surface area contributed by atoms with Gasteiger partial charge in [-0.25, -0.2) is 0 Å². The third-order valence-corrected chi connectivity index (χ3v) is 6.56. The molecule has 1 aliphatic heterocycles. The molecule has 0 fully saturated rings. The zero-order valence-corrected chi connectivity index (χ0v) is 14.2. The summed E-state index contributed by atoms with van der Waals surface area (Å²) in [5.74, 6) is 0.482. The van der Waals surface area contributed by atoms with E-state index in [1.807, 2.05) is 11.8 Å². The molecule has 2 unspecified atom stereocenters. The molecule has 1 heterocycles. The van der Waals surface area contributed by atoms with E-state index in [0.29, 0.717) is 11.2 Å². The van der Waals surface area contributed by atoms with Gasteiger partial charge in [-0.1, -0.05) is 82.7 Å². The molecule has 0 saturated carbocycles. The summed E-state index contributed by atoms with van der Waals surface area (Å²) in [6.45, 7) is 0. The predicted molar refractivity (Wildman–Crippen MR) is 100.0 cm³/mol. The summed E-state index contributed by atoms with van der Waals surface area (Å²) in [5.41, 5.74) is 1.51. The maximum absolute atomic E-state index is 3.63. The van der Waals surface area contributed by atoms with Gasteiger partial charge in [-0.3, -0.25) is 0 Å². The summed E-state index contributed by atoms with van der Waals surface area (Å²) < 4.78 is 1.20. The molecule has 0 spiro atoms. The van der Waals surface area contributed by atoms with Gasteiger partial charge in [-0.15, -0.1) is 11.8 Å². The van der Waals surface area contributed by atoms with Crippen molar-refractivity contribution >= 4 is 49.2 Å². The van der Waals surface area contributed by atoms with Crippen LogP contribution in [0.3, 0.4) is 0 Å². The minimum absolute atomic E-state index is 0.482. The molecule has 0 nitrogen and oxygen atoms in total. The molecule has 0 bridgehead atoms. The first kappa shape index (κ1) is 13.0. The van der Waals surface area contributed by atoms with E-state index in [2.05, 4.69) is 82.7 Å². The normalized spacial score (nSPS) is 22.7. The van der Waals surface area contributed by atoms with E-state index in [0.717, 1.165) is 0 Å². The van der Waals surface area contributed by atoms with Gasteiger partial charge in [0, 0.05) is 20.5 Å². The first-order valence-corrected chi connectivity index (χ1v) is 9.16. The molecule has 5 rings (SSSR count). The molecule has 0 radical (unpaired) electrons. The van der Waals surface area contributed by atoms with Crippen molar-refractivity contribution in [2.75, 3.05) is 0 Å². The van der Waals surface area contributed by atoms with Crippen LogP contribution in [0.5, 0.6) is 0 Å². The van der Waals surface area contributed by atoms with Crippen molar-refractivity contribution in [3.63, 3.8) is 0 Å². The fourth-order valence-corrected chi connectivity index (χ4v) is 5.87. The number of hydrogen-bond acceptors (Lipinski definition) is 1. The van der Waals surface area contributed by atoms with E-state index in [4.69, 9.17) is 0 Å². The average Bonchev–Trinajstić information content (AvgIpc) is 2.94. The molecule has 0 amide bonds. The lowest BCUT2D eigenvalue weighted by molar-refractivity contribution is 0.891. The topological polar surface area (TPSA) is 0 Å². The lowest BCUT2D eigenvalue weighted by atomic mass is 9.86. The maximum atomic E-state index is 3.63. The zero-order valence-electron chi connectivity index (χ0n) is 11.8. The van der Waals surface area contributed by atoms with Crippen LogP contribution in [-0.2, 0) is 0 Å². The monoisotopic (exact) mass is 364 g/mol.